The minimum absolute atomic E-state index is 0.0149. The van der Waals surface area contributed by atoms with E-state index in [2.05, 4.69) is 10.2 Å². The van der Waals surface area contributed by atoms with E-state index in [9.17, 15) is 10.1 Å². The van der Waals surface area contributed by atoms with Gasteiger partial charge in [-0.2, -0.15) is 0 Å². The maximum Gasteiger partial charge on any atom is 0.269 e. The lowest BCUT2D eigenvalue weighted by Crippen LogP contribution is -1.88. The quantitative estimate of drug-likeness (QED) is 0.355. The zero-order chi connectivity index (χ0) is 17.1. The van der Waals surface area contributed by atoms with Crippen LogP contribution in [0.3, 0.4) is 0 Å². The number of benzene rings is 2. The van der Waals surface area contributed by atoms with E-state index >= 15 is 0 Å². The minimum atomic E-state index is -0.453. The van der Waals surface area contributed by atoms with Gasteiger partial charge in [-0.15, -0.1) is 22.0 Å². The number of thioether (sulfide) groups is 1. The molecule has 0 N–H and O–H groups in total. The van der Waals surface area contributed by atoms with Crippen LogP contribution >= 0.6 is 23.4 Å². The van der Waals surface area contributed by atoms with Crippen LogP contribution in [0.1, 0.15) is 18.1 Å². The topological polar surface area (TPSA) is 82.1 Å². The predicted octanol–water partition coefficient (Wildman–Crippen LogP) is 5.15. The third-order valence-corrected chi connectivity index (χ3v) is 4.86. The number of nitro groups is 1. The van der Waals surface area contributed by atoms with Crippen molar-refractivity contribution in [3.8, 4) is 11.5 Å². The molecule has 122 valence electrons. The zero-order valence-electron chi connectivity index (χ0n) is 12.5. The fourth-order valence-electron chi connectivity index (χ4n) is 2.02. The van der Waals surface area contributed by atoms with Gasteiger partial charge in [-0.05, 0) is 31.2 Å². The van der Waals surface area contributed by atoms with Crippen LogP contribution in [-0.2, 0) is 0 Å². The molecule has 0 bridgehead atoms. The van der Waals surface area contributed by atoms with Gasteiger partial charge in [-0.3, -0.25) is 10.1 Å². The lowest BCUT2D eigenvalue weighted by molar-refractivity contribution is -0.384. The highest BCUT2D eigenvalue weighted by atomic mass is 35.5. The molecule has 0 aliphatic heterocycles. The van der Waals surface area contributed by atoms with Crippen molar-refractivity contribution in [3.63, 3.8) is 0 Å². The Labute approximate surface area is 147 Å². The van der Waals surface area contributed by atoms with E-state index in [0.29, 0.717) is 22.4 Å². The standard InChI is InChI=1S/C16H12ClN3O3S/c1-10(24-14-5-3-2-4-13(14)17)15-18-19-16(23-15)11-6-8-12(9-7-11)20(21)22/h2-10H,1H3/t10-/m0/s1. The number of non-ortho nitro benzene ring substituents is 1. The summed E-state index contributed by atoms with van der Waals surface area (Å²) in [6.07, 6.45) is 0. The van der Waals surface area contributed by atoms with Crippen LogP contribution in [0.2, 0.25) is 5.02 Å². The number of hydrogen-bond acceptors (Lipinski definition) is 6. The van der Waals surface area contributed by atoms with Crippen molar-refractivity contribution in [2.24, 2.45) is 0 Å². The Kier molecular flexibility index (Phi) is 4.82. The molecule has 0 unspecified atom stereocenters. The summed E-state index contributed by atoms with van der Waals surface area (Å²) < 4.78 is 5.69. The van der Waals surface area contributed by atoms with Crippen LogP contribution in [0.4, 0.5) is 5.69 Å². The van der Waals surface area contributed by atoms with Gasteiger partial charge in [-0.1, -0.05) is 23.7 Å². The molecule has 8 heteroatoms. The molecule has 0 saturated carbocycles. The van der Waals surface area contributed by atoms with Gasteiger partial charge in [0.2, 0.25) is 11.8 Å². The maximum absolute atomic E-state index is 10.7. The van der Waals surface area contributed by atoms with Gasteiger partial charge in [-0.25, -0.2) is 0 Å². The molecule has 1 aromatic heterocycles. The summed E-state index contributed by atoms with van der Waals surface area (Å²) in [7, 11) is 0. The van der Waals surface area contributed by atoms with Gasteiger partial charge < -0.3 is 4.42 Å². The first-order valence-electron chi connectivity index (χ1n) is 7.04. The molecule has 3 rings (SSSR count). The van der Waals surface area contributed by atoms with Crippen molar-refractivity contribution in [3.05, 3.63) is 69.6 Å². The number of halogens is 1. The summed E-state index contributed by atoms with van der Waals surface area (Å²) in [5.41, 5.74) is 0.649. The van der Waals surface area contributed by atoms with Crippen molar-refractivity contribution in [2.75, 3.05) is 0 Å². The number of nitrogens with zero attached hydrogens (tertiary/aromatic N) is 3. The largest absolute Gasteiger partial charge is 0.419 e. The van der Waals surface area contributed by atoms with Crippen LogP contribution in [0.15, 0.2) is 57.8 Å². The Balaban J connectivity index is 1.77. The summed E-state index contributed by atoms with van der Waals surface area (Å²) in [6.45, 7) is 1.95. The van der Waals surface area contributed by atoms with Crippen molar-refractivity contribution < 1.29 is 9.34 Å². The maximum atomic E-state index is 10.7. The highest BCUT2D eigenvalue weighted by Crippen LogP contribution is 2.38. The van der Waals surface area contributed by atoms with E-state index in [1.165, 1.54) is 23.9 Å². The molecule has 3 aromatic rings. The molecule has 1 atom stereocenters. The fraction of sp³-hybridized carbons (Fsp3) is 0.125. The van der Waals surface area contributed by atoms with Crippen LogP contribution in [-0.4, -0.2) is 15.1 Å². The second-order valence-corrected chi connectivity index (χ2v) is 6.73. The molecule has 6 nitrogen and oxygen atoms in total. The van der Waals surface area contributed by atoms with E-state index in [1.807, 2.05) is 31.2 Å². The number of aromatic nitrogens is 2. The Morgan fingerprint density at radius 2 is 1.88 bits per heavy atom. The Bertz CT molecular complexity index is 867. The highest BCUT2D eigenvalue weighted by molar-refractivity contribution is 7.99. The first kappa shape index (κ1) is 16.5. The van der Waals surface area contributed by atoms with Crippen LogP contribution < -0.4 is 0 Å². The van der Waals surface area contributed by atoms with Crippen LogP contribution in [0, 0.1) is 10.1 Å². The molecule has 0 aliphatic carbocycles. The van der Waals surface area contributed by atoms with E-state index in [-0.39, 0.29) is 10.9 Å². The molecule has 0 spiro atoms. The molecule has 0 amide bonds. The first-order chi connectivity index (χ1) is 11.5. The third-order valence-electron chi connectivity index (χ3n) is 3.25. The molecule has 2 aromatic carbocycles. The summed E-state index contributed by atoms with van der Waals surface area (Å²) >= 11 is 7.68. The molecular formula is C16H12ClN3O3S. The van der Waals surface area contributed by atoms with E-state index in [0.717, 1.165) is 4.90 Å². The highest BCUT2D eigenvalue weighted by Gasteiger charge is 2.17. The van der Waals surface area contributed by atoms with Crippen molar-refractivity contribution in [2.45, 2.75) is 17.1 Å². The SMILES string of the molecule is C[C@H](Sc1ccccc1Cl)c1nnc(-c2ccc([N+](=O)[O-])cc2)o1. The molecule has 24 heavy (non-hydrogen) atoms. The lowest BCUT2D eigenvalue weighted by atomic mass is 10.2. The predicted molar refractivity (Wildman–Crippen MR) is 92.1 cm³/mol. The molecule has 0 radical (unpaired) electrons. The number of rotatable bonds is 5. The van der Waals surface area contributed by atoms with E-state index in [4.69, 9.17) is 16.0 Å². The van der Waals surface area contributed by atoms with Gasteiger partial charge in [0.15, 0.2) is 0 Å². The summed E-state index contributed by atoms with van der Waals surface area (Å²) in [5, 5.41) is 19.3. The zero-order valence-corrected chi connectivity index (χ0v) is 14.1. The molecular weight excluding hydrogens is 350 g/mol. The average Bonchev–Trinajstić information content (AvgIpc) is 3.07. The Hall–Kier alpha value is -2.38. The molecule has 0 saturated heterocycles. The van der Waals surface area contributed by atoms with Gasteiger partial charge in [0, 0.05) is 22.6 Å². The second-order valence-electron chi connectivity index (χ2n) is 4.94. The fourth-order valence-corrected chi connectivity index (χ4v) is 3.21. The molecule has 0 aliphatic rings. The summed E-state index contributed by atoms with van der Waals surface area (Å²) in [4.78, 5) is 11.2. The van der Waals surface area contributed by atoms with Gasteiger partial charge in [0.25, 0.3) is 5.69 Å². The van der Waals surface area contributed by atoms with Gasteiger partial charge in [0.05, 0.1) is 15.2 Å². The van der Waals surface area contributed by atoms with Gasteiger partial charge >= 0.3 is 0 Å². The average molecular weight is 362 g/mol. The van der Waals surface area contributed by atoms with E-state index in [1.54, 1.807) is 12.1 Å². The third kappa shape index (κ3) is 3.58. The molecule has 0 fully saturated rings. The van der Waals surface area contributed by atoms with Gasteiger partial charge in [0.1, 0.15) is 0 Å². The van der Waals surface area contributed by atoms with Crippen LogP contribution in [0.25, 0.3) is 11.5 Å². The number of hydrogen-bond donors (Lipinski definition) is 0. The number of nitro benzene ring substituents is 1. The normalized spacial score (nSPS) is 12.1. The lowest BCUT2D eigenvalue weighted by Gasteiger charge is -2.07. The first-order valence-corrected chi connectivity index (χ1v) is 8.30. The summed E-state index contributed by atoms with van der Waals surface area (Å²) in [5.74, 6) is 0.791. The van der Waals surface area contributed by atoms with E-state index < -0.39 is 4.92 Å². The smallest absolute Gasteiger partial charge is 0.269 e. The minimum Gasteiger partial charge on any atom is -0.419 e. The Morgan fingerprint density at radius 1 is 1.17 bits per heavy atom. The molecule has 1 heterocycles. The van der Waals surface area contributed by atoms with Crippen molar-refractivity contribution in [1.82, 2.24) is 10.2 Å². The van der Waals surface area contributed by atoms with Crippen LogP contribution in [0.5, 0.6) is 0 Å². The second kappa shape index (κ2) is 7.02. The Morgan fingerprint density at radius 3 is 2.54 bits per heavy atom. The van der Waals surface area contributed by atoms with Crippen molar-refractivity contribution in [1.29, 1.82) is 0 Å². The van der Waals surface area contributed by atoms with Crippen molar-refractivity contribution >= 4 is 29.1 Å². The monoisotopic (exact) mass is 361 g/mol. The summed E-state index contributed by atoms with van der Waals surface area (Å²) in [6, 6.07) is 13.5.